The van der Waals surface area contributed by atoms with Crippen molar-refractivity contribution in [2.45, 2.75) is 32.2 Å². The standard InChI is InChI=1S/C18H18FNO3S/c1-11-15(12-4-6-13(19)7-5-12)10-16(24-11)18(23)20-8-2-3-14(20)9-17(21)22/h4-7,10,14H,2-3,8-9H2,1H3,(H,21,22). The number of aliphatic carboxylic acids is 1. The van der Waals surface area contributed by atoms with Gasteiger partial charge in [0.05, 0.1) is 11.3 Å². The maximum atomic E-state index is 13.1. The molecule has 1 aromatic heterocycles. The highest BCUT2D eigenvalue weighted by Crippen LogP contribution is 2.33. The lowest BCUT2D eigenvalue weighted by atomic mass is 10.1. The molecular formula is C18H18FNO3S. The Balaban J connectivity index is 1.85. The zero-order valence-electron chi connectivity index (χ0n) is 13.3. The van der Waals surface area contributed by atoms with E-state index in [2.05, 4.69) is 0 Å². The van der Waals surface area contributed by atoms with Gasteiger partial charge in [0.2, 0.25) is 0 Å². The maximum absolute atomic E-state index is 13.1. The Morgan fingerprint density at radius 2 is 2.04 bits per heavy atom. The Morgan fingerprint density at radius 3 is 2.71 bits per heavy atom. The number of carboxylic acids is 1. The number of hydrogen-bond donors (Lipinski definition) is 1. The second-order valence-electron chi connectivity index (χ2n) is 5.98. The first-order valence-electron chi connectivity index (χ1n) is 7.85. The number of hydrogen-bond acceptors (Lipinski definition) is 3. The first kappa shape index (κ1) is 16.6. The Kier molecular flexibility index (Phi) is 4.66. The molecule has 4 nitrogen and oxygen atoms in total. The van der Waals surface area contributed by atoms with E-state index < -0.39 is 5.97 Å². The minimum Gasteiger partial charge on any atom is -0.481 e. The molecule has 0 aliphatic carbocycles. The highest BCUT2D eigenvalue weighted by Gasteiger charge is 2.32. The van der Waals surface area contributed by atoms with Crippen molar-refractivity contribution in [3.05, 3.63) is 45.9 Å². The van der Waals surface area contributed by atoms with Crippen molar-refractivity contribution in [2.75, 3.05) is 6.54 Å². The van der Waals surface area contributed by atoms with Gasteiger partial charge in [-0.05, 0) is 49.1 Å². The molecule has 24 heavy (non-hydrogen) atoms. The predicted octanol–water partition coefficient (Wildman–Crippen LogP) is 3.94. The van der Waals surface area contributed by atoms with Gasteiger partial charge in [-0.3, -0.25) is 9.59 Å². The summed E-state index contributed by atoms with van der Waals surface area (Å²) in [4.78, 5) is 27.0. The zero-order chi connectivity index (χ0) is 17.3. The third kappa shape index (κ3) is 3.33. The van der Waals surface area contributed by atoms with Gasteiger partial charge in [-0.15, -0.1) is 11.3 Å². The van der Waals surface area contributed by atoms with Crippen LogP contribution in [0, 0.1) is 12.7 Å². The van der Waals surface area contributed by atoms with Gasteiger partial charge in [-0.1, -0.05) is 12.1 Å². The van der Waals surface area contributed by atoms with E-state index in [1.165, 1.54) is 23.5 Å². The monoisotopic (exact) mass is 347 g/mol. The van der Waals surface area contributed by atoms with Crippen LogP contribution in [0.25, 0.3) is 11.1 Å². The first-order valence-corrected chi connectivity index (χ1v) is 8.66. The fraction of sp³-hybridized carbons (Fsp3) is 0.333. The summed E-state index contributed by atoms with van der Waals surface area (Å²) in [6.45, 7) is 2.53. The van der Waals surface area contributed by atoms with Gasteiger partial charge in [0, 0.05) is 17.5 Å². The van der Waals surface area contributed by atoms with Crippen LogP contribution in [-0.2, 0) is 4.79 Å². The van der Waals surface area contributed by atoms with Crippen molar-refractivity contribution in [3.63, 3.8) is 0 Å². The largest absolute Gasteiger partial charge is 0.481 e. The number of carbonyl (C=O) groups excluding carboxylic acids is 1. The van der Waals surface area contributed by atoms with Gasteiger partial charge < -0.3 is 10.0 Å². The van der Waals surface area contributed by atoms with Crippen molar-refractivity contribution in [2.24, 2.45) is 0 Å². The Labute approximate surface area is 143 Å². The highest BCUT2D eigenvalue weighted by atomic mass is 32.1. The van der Waals surface area contributed by atoms with E-state index in [-0.39, 0.29) is 24.2 Å². The van der Waals surface area contributed by atoms with Crippen LogP contribution in [0.15, 0.2) is 30.3 Å². The molecule has 1 amide bonds. The summed E-state index contributed by atoms with van der Waals surface area (Å²) >= 11 is 1.40. The number of carboxylic acid groups (broad SMARTS) is 1. The smallest absolute Gasteiger partial charge is 0.305 e. The molecule has 2 heterocycles. The minimum atomic E-state index is -0.880. The zero-order valence-corrected chi connectivity index (χ0v) is 14.1. The van der Waals surface area contributed by atoms with E-state index in [1.54, 1.807) is 17.0 Å². The number of aryl methyl sites for hydroxylation is 1. The Hall–Kier alpha value is -2.21. The lowest BCUT2D eigenvalue weighted by Crippen LogP contribution is -2.36. The van der Waals surface area contributed by atoms with Crippen LogP contribution in [0.1, 0.15) is 33.8 Å². The number of halogens is 1. The summed E-state index contributed by atoms with van der Waals surface area (Å²) in [6.07, 6.45) is 1.55. The molecular weight excluding hydrogens is 329 g/mol. The summed E-state index contributed by atoms with van der Waals surface area (Å²) in [5.41, 5.74) is 1.78. The van der Waals surface area contributed by atoms with Crippen molar-refractivity contribution in [3.8, 4) is 11.1 Å². The molecule has 1 aromatic carbocycles. The molecule has 1 N–H and O–H groups in total. The average Bonchev–Trinajstić information content (AvgIpc) is 3.14. The lowest BCUT2D eigenvalue weighted by molar-refractivity contribution is -0.137. The van der Waals surface area contributed by atoms with Crippen molar-refractivity contribution < 1.29 is 19.1 Å². The molecule has 0 bridgehead atoms. The summed E-state index contributed by atoms with van der Waals surface area (Å²) in [5.74, 6) is -1.29. The van der Waals surface area contributed by atoms with E-state index in [4.69, 9.17) is 5.11 Å². The van der Waals surface area contributed by atoms with Gasteiger partial charge >= 0.3 is 5.97 Å². The summed E-state index contributed by atoms with van der Waals surface area (Å²) in [7, 11) is 0. The molecule has 0 saturated carbocycles. The number of amides is 1. The molecule has 1 fully saturated rings. The SMILES string of the molecule is Cc1sc(C(=O)N2CCCC2CC(=O)O)cc1-c1ccc(F)cc1. The molecule has 1 aliphatic heterocycles. The Bertz CT molecular complexity index is 769. The molecule has 2 aromatic rings. The van der Waals surface area contributed by atoms with E-state index in [0.717, 1.165) is 28.8 Å². The van der Waals surface area contributed by atoms with Crippen LogP contribution in [0.2, 0.25) is 0 Å². The predicted molar refractivity (Wildman–Crippen MR) is 90.8 cm³/mol. The van der Waals surface area contributed by atoms with Crippen LogP contribution in [0.4, 0.5) is 4.39 Å². The second-order valence-corrected chi connectivity index (χ2v) is 7.24. The summed E-state index contributed by atoms with van der Waals surface area (Å²) < 4.78 is 13.1. The number of benzene rings is 1. The highest BCUT2D eigenvalue weighted by molar-refractivity contribution is 7.14. The van der Waals surface area contributed by atoms with Crippen molar-refractivity contribution in [1.29, 1.82) is 0 Å². The van der Waals surface area contributed by atoms with Crippen LogP contribution < -0.4 is 0 Å². The molecule has 0 spiro atoms. The van der Waals surface area contributed by atoms with E-state index >= 15 is 0 Å². The number of likely N-dealkylation sites (tertiary alicyclic amines) is 1. The minimum absolute atomic E-state index is 0.0130. The number of rotatable bonds is 4. The van der Waals surface area contributed by atoms with Crippen LogP contribution in [0.5, 0.6) is 0 Å². The van der Waals surface area contributed by atoms with Crippen molar-refractivity contribution in [1.82, 2.24) is 4.90 Å². The van der Waals surface area contributed by atoms with Gasteiger partial charge in [0.15, 0.2) is 0 Å². The molecule has 126 valence electrons. The third-order valence-corrected chi connectivity index (χ3v) is 5.37. The van der Waals surface area contributed by atoms with E-state index in [0.29, 0.717) is 11.4 Å². The fourth-order valence-electron chi connectivity index (χ4n) is 3.16. The molecule has 1 atom stereocenters. The normalized spacial score (nSPS) is 17.2. The van der Waals surface area contributed by atoms with Crippen LogP contribution in [0.3, 0.4) is 0 Å². The van der Waals surface area contributed by atoms with Gasteiger partial charge in [0.1, 0.15) is 5.82 Å². The summed E-state index contributed by atoms with van der Waals surface area (Å²) in [6, 6.07) is 7.79. The molecule has 1 saturated heterocycles. The summed E-state index contributed by atoms with van der Waals surface area (Å²) in [5, 5.41) is 9.00. The molecule has 3 rings (SSSR count). The molecule has 1 aliphatic rings. The fourth-order valence-corrected chi connectivity index (χ4v) is 4.16. The number of carbonyl (C=O) groups is 2. The number of thiophene rings is 1. The van der Waals surface area contributed by atoms with Crippen LogP contribution in [-0.4, -0.2) is 34.5 Å². The van der Waals surface area contributed by atoms with E-state index in [9.17, 15) is 14.0 Å². The Morgan fingerprint density at radius 1 is 1.33 bits per heavy atom. The quantitative estimate of drug-likeness (QED) is 0.911. The molecule has 0 radical (unpaired) electrons. The van der Waals surface area contributed by atoms with Crippen LogP contribution >= 0.6 is 11.3 Å². The molecule has 1 unspecified atom stereocenters. The lowest BCUT2D eigenvalue weighted by Gasteiger charge is -2.22. The average molecular weight is 347 g/mol. The van der Waals surface area contributed by atoms with Crippen molar-refractivity contribution >= 4 is 23.2 Å². The van der Waals surface area contributed by atoms with Gasteiger partial charge in [0.25, 0.3) is 5.91 Å². The maximum Gasteiger partial charge on any atom is 0.305 e. The second kappa shape index (κ2) is 6.73. The van der Waals surface area contributed by atoms with Gasteiger partial charge in [-0.2, -0.15) is 0 Å². The number of nitrogens with zero attached hydrogens (tertiary/aromatic N) is 1. The van der Waals surface area contributed by atoms with Gasteiger partial charge in [-0.25, -0.2) is 4.39 Å². The topological polar surface area (TPSA) is 57.6 Å². The van der Waals surface area contributed by atoms with E-state index in [1.807, 2.05) is 13.0 Å². The third-order valence-electron chi connectivity index (χ3n) is 4.33. The molecule has 6 heteroatoms. The first-order chi connectivity index (χ1) is 11.5.